The molecule has 1 N–H and O–H groups in total. The second-order valence-electron chi connectivity index (χ2n) is 8.06. The number of carbonyl (C=O) groups excluding carboxylic acids is 2. The summed E-state index contributed by atoms with van der Waals surface area (Å²) in [5.41, 5.74) is 3.49. The van der Waals surface area contributed by atoms with E-state index < -0.39 is 0 Å². The van der Waals surface area contributed by atoms with Gasteiger partial charge in [-0.25, -0.2) is 4.99 Å². The van der Waals surface area contributed by atoms with E-state index >= 15 is 0 Å². The van der Waals surface area contributed by atoms with Gasteiger partial charge in [0.2, 0.25) is 5.91 Å². The number of benzene rings is 1. The molecular formula is C23H24N6O2. The number of hydrogen-bond acceptors (Lipinski definition) is 7. The van der Waals surface area contributed by atoms with E-state index in [0.29, 0.717) is 12.1 Å². The number of Topliss-reactive ketones (excluding diaryl/α,β-unsaturated/α-hetero) is 1. The molecule has 3 aliphatic heterocycles. The van der Waals surface area contributed by atoms with E-state index in [1.165, 1.54) is 0 Å². The van der Waals surface area contributed by atoms with Crippen molar-refractivity contribution in [3.05, 3.63) is 53.9 Å². The minimum atomic E-state index is -0.00426. The maximum absolute atomic E-state index is 12.8. The van der Waals surface area contributed by atoms with Gasteiger partial charge in [-0.2, -0.15) is 0 Å². The molecule has 1 unspecified atom stereocenters. The molecule has 1 aromatic heterocycles. The first-order chi connectivity index (χ1) is 15.1. The summed E-state index contributed by atoms with van der Waals surface area (Å²) in [6.45, 7) is 4.65. The summed E-state index contributed by atoms with van der Waals surface area (Å²) in [7, 11) is 0. The Morgan fingerprint density at radius 1 is 1.23 bits per heavy atom. The third kappa shape index (κ3) is 3.81. The lowest BCUT2D eigenvalue weighted by molar-refractivity contribution is -0.119. The molecule has 31 heavy (non-hydrogen) atoms. The summed E-state index contributed by atoms with van der Waals surface area (Å²) in [4.78, 5) is 42.1. The minimum absolute atomic E-state index is 0.00384. The Hall–Kier alpha value is -3.55. The highest BCUT2D eigenvalue weighted by molar-refractivity contribution is 6.21. The molecule has 0 aliphatic carbocycles. The molecule has 1 saturated heterocycles. The first-order valence-corrected chi connectivity index (χ1v) is 10.6. The average molecular weight is 416 g/mol. The van der Waals surface area contributed by atoms with Crippen LogP contribution >= 0.6 is 0 Å². The van der Waals surface area contributed by atoms with Gasteiger partial charge in [0.1, 0.15) is 11.7 Å². The van der Waals surface area contributed by atoms with E-state index in [0.717, 1.165) is 54.7 Å². The van der Waals surface area contributed by atoms with Crippen molar-refractivity contribution < 1.29 is 9.59 Å². The van der Waals surface area contributed by atoms with Gasteiger partial charge < -0.3 is 15.1 Å². The quantitative estimate of drug-likeness (QED) is 0.755. The molecule has 8 heteroatoms. The summed E-state index contributed by atoms with van der Waals surface area (Å²) in [5.74, 6) is 1.62. The third-order valence-electron chi connectivity index (χ3n) is 5.89. The Balaban J connectivity index is 1.42. The van der Waals surface area contributed by atoms with Gasteiger partial charge in [-0.3, -0.25) is 19.6 Å². The zero-order valence-electron chi connectivity index (χ0n) is 17.4. The molecule has 2 aromatic rings. The highest BCUT2D eigenvalue weighted by Gasteiger charge is 2.31. The van der Waals surface area contributed by atoms with Gasteiger partial charge in [0, 0.05) is 61.8 Å². The zero-order chi connectivity index (χ0) is 21.4. The largest absolute Gasteiger partial charge is 0.369 e. The van der Waals surface area contributed by atoms with Crippen molar-refractivity contribution in [2.24, 2.45) is 9.98 Å². The van der Waals surface area contributed by atoms with Crippen LogP contribution in [-0.2, 0) is 4.79 Å². The Labute approximate surface area is 180 Å². The van der Waals surface area contributed by atoms with Gasteiger partial charge in [0.25, 0.3) is 0 Å². The topological polar surface area (TPSA) is 90.3 Å². The van der Waals surface area contributed by atoms with Crippen LogP contribution in [0.15, 0.2) is 52.7 Å². The highest BCUT2D eigenvalue weighted by atomic mass is 16.1. The molecule has 8 nitrogen and oxygen atoms in total. The predicted molar refractivity (Wildman–Crippen MR) is 119 cm³/mol. The van der Waals surface area contributed by atoms with Crippen molar-refractivity contribution in [2.75, 3.05) is 31.1 Å². The number of ketones is 1. The van der Waals surface area contributed by atoms with Crippen molar-refractivity contribution in [2.45, 2.75) is 25.8 Å². The maximum Gasteiger partial charge on any atom is 0.217 e. The Kier molecular flexibility index (Phi) is 4.97. The molecule has 4 heterocycles. The second kappa shape index (κ2) is 7.94. The van der Waals surface area contributed by atoms with Crippen LogP contribution in [0.2, 0.25) is 0 Å². The fourth-order valence-electron chi connectivity index (χ4n) is 4.44. The summed E-state index contributed by atoms with van der Waals surface area (Å²) < 4.78 is 0. The fraction of sp³-hybridized carbons (Fsp3) is 0.348. The smallest absolute Gasteiger partial charge is 0.217 e. The van der Waals surface area contributed by atoms with Gasteiger partial charge in [-0.15, -0.1) is 0 Å². The van der Waals surface area contributed by atoms with E-state index in [2.05, 4.69) is 43.3 Å². The molecule has 0 spiro atoms. The zero-order valence-corrected chi connectivity index (χ0v) is 17.4. The molecule has 0 saturated carbocycles. The Morgan fingerprint density at radius 2 is 2.13 bits per heavy atom. The van der Waals surface area contributed by atoms with Gasteiger partial charge in [0.05, 0.1) is 18.7 Å². The van der Waals surface area contributed by atoms with Crippen LogP contribution in [-0.4, -0.2) is 65.5 Å². The Morgan fingerprint density at radius 3 is 2.94 bits per heavy atom. The normalized spacial score (nSPS) is 19.5. The lowest BCUT2D eigenvalue weighted by Gasteiger charge is -2.28. The van der Waals surface area contributed by atoms with Crippen LogP contribution < -0.4 is 10.2 Å². The Bertz CT molecular complexity index is 1090. The van der Waals surface area contributed by atoms with Crippen LogP contribution in [0.4, 0.5) is 11.4 Å². The summed E-state index contributed by atoms with van der Waals surface area (Å²) >= 11 is 0. The number of amides is 1. The van der Waals surface area contributed by atoms with Gasteiger partial charge in [-0.1, -0.05) is 0 Å². The number of pyridine rings is 1. The van der Waals surface area contributed by atoms with Crippen molar-refractivity contribution in [1.82, 2.24) is 15.2 Å². The fourth-order valence-corrected chi connectivity index (χ4v) is 4.44. The number of fused-ring (bicyclic) bond motifs is 3. The number of aliphatic imine (C=N–C) groups is 2. The van der Waals surface area contributed by atoms with E-state index in [-0.39, 0.29) is 24.2 Å². The third-order valence-corrected chi connectivity index (χ3v) is 5.89. The number of anilines is 1. The first-order valence-electron chi connectivity index (χ1n) is 10.6. The summed E-state index contributed by atoms with van der Waals surface area (Å²) in [6, 6.07) is 9.94. The molecule has 1 fully saturated rings. The predicted octanol–water partition coefficient (Wildman–Crippen LogP) is 2.18. The molecule has 3 aliphatic rings. The number of rotatable bonds is 5. The van der Waals surface area contributed by atoms with Crippen molar-refractivity contribution in [3.63, 3.8) is 0 Å². The summed E-state index contributed by atoms with van der Waals surface area (Å²) in [5, 5.41) is 3.00. The van der Waals surface area contributed by atoms with E-state index in [1.807, 2.05) is 0 Å². The highest BCUT2D eigenvalue weighted by Crippen LogP contribution is 2.34. The molecule has 0 bridgehead atoms. The second-order valence-corrected chi connectivity index (χ2v) is 8.06. The van der Waals surface area contributed by atoms with Gasteiger partial charge in [-0.05, 0) is 36.8 Å². The molecule has 1 amide bonds. The van der Waals surface area contributed by atoms with Crippen molar-refractivity contribution in [3.8, 4) is 0 Å². The molecule has 1 aromatic carbocycles. The minimum Gasteiger partial charge on any atom is -0.369 e. The van der Waals surface area contributed by atoms with Crippen LogP contribution in [0.5, 0.6) is 0 Å². The lowest BCUT2D eigenvalue weighted by atomic mass is 10.0. The number of carbonyl (C=O) groups is 2. The van der Waals surface area contributed by atoms with Crippen LogP contribution in [0.3, 0.4) is 0 Å². The molecule has 158 valence electrons. The number of nitrogens with zero attached hydrogens (tertiary/aromatic N) is 5. The van der Waals surface area contributed by atoms with Crippen LogP contribution in [0.25, 0.3) is 0 Å². The van der Waals surface area contributed by atoms with Crippen LogP contribution in [0, 0.1) is 0 Å². The van der Waals surface area contributed by atoms with Crippen LogP contribution in [0.1, 0.15) is 35.7 Å². The maximum atomic E-state index is 12.8. The molecule has 0 radical (unpaired) electrons. The van der Waals surface area contributed by atoms with E-state index in [4.69, 9.17) is 4.99 Å². The van der Waals surface area contributed by atoms with Crippen molar-refractivity contribution >= 4 is 34.7 Å². The number of hydrogen-bond donors (Lipinski definition) is 1. The monoisotopic (exact) mass is 416 g/mol. The molecular weight excluding hydrogens is 392 g/mol. The first kappa shape index (κ1) is 19.4. The van der Waals surface area contributed by atoms with Crippen molar-refractivity contribution in [1.29, 1.82) is 0 Å². The average Bonchev–Trinajstić information content (AvgIpc) is 3.44. The molecule has 5 rings (SSSR count). The number of nitrogens with one attached hydrogen (secondary N) is 1. The SMILES string of the molecule is CC(=O)NC1CCN(c2ccc3c(c2)N=C(CC(=O)c2cccnc2)N2CCN=C32)C1. The number of amidine groups is 2. The van der Waals surface area contributed by atoms with Gasteiger partial charge >= 0.3 is 0 Å². The summed E-state index contributed by atoms with van der Waals surface area (Å²) in [6.07, 6.45) is 4.39. The van der Waals surface area contributed by atoms with Gasteiger partial charge in [0.15, 0.2) is 5.78 Å². The standard InChI is InChI=1S/C23H24N6O2/c1-15(30)26-17-6-9-28(14-17)18-4-5-19-20(11-18)27-22(29-10-8-25-23(19)29)12-21(31)16-3-2-7-24-13-16/h2-5,7,11,13,17H,6,8-10,12,14H2,1H3,(H,26,30). The number of aromatic nitrogens is 1. The van der Waals surface area contributed by atoms with E-state index in [1.54, 1.807) is 31.5 Å². The lowest BCUT2D eigenvalue weighted by Crippen LogP contribution is -2.38. The van der Waals surface area contributed by atoms with E-state index in [9.17, 15) is 9.59 Å². The molecule has 1 atom stereocenters.